The Morgan fingerprint density at radius 3 is 2.68 bits per heavy atom. The van der Waals surface area contributed by atoms with Gasteiger partial charge in [-0.05, 0) is 12.1 Å². The van der Waals surface area contributed by atoms with E-state index in [9.17, 15) is 19.3 Å². The van der Waals surface area contributed by atoms with Gasteiger partial charge in [0.25, 0.3) is 11.6 Å². The van der Waals surface area contributed by atoms with Crippen molar-refractivity contribution in [2.24, 2.45) is 0 Å². The van der Waals surface area contributed by atoms with Gasteiger partial charge in [0.05, 0.1) is 23.4 Å². The van der Waals surface area contributed by atoms with Crippen molar-refractivity contribution in [2.75, 3.05) is 5.32 Å². The zero-order valence-corrected chi connectivity index (χ0v) is 12.9. The molecule has 0 spiro atoms. The quantitative estimate of drug-likeness (QED) is 0.570. The minimum absolute atomic E-state index is 0.0469. The lowest BCUT2D eigenvalue weighted by atomic mass is 10.1. The van der Waals surface area contributed by atoms with Crippen LogP contribution in [0.3, 0.4) is 0 Å². The third kappa shape index (κ3) is 3.69. The number of aromatic nitrogens is 2. The molecular formula is C17H13FN4O3. The third-order valence-corrected chi connectivity index (χ3v) is 3.53. The standard InChI is InChI=1S/C17H13FN4O3/c18-15-7-3-1-5-12(15)10-21-11-13(9-19-21)20-17(23)14-6-2-4-8-16(14)22(24)25/h1-9,11H,10H2,(H,20,23). The summed E-state index contributed by atoms with van der Waals surface area (Å²) in [6, 6.07) is 12.0. The molecule has 0 aliphatic rings. The van der Waals surface area contributed by atoms with Crippen LogP contribution in [-0.4, -0.2) is 20.6 Å². The summed E-state index contributed by atoms with van der Waals surface area (Å²) >= 11 is 0. The highest BCUT2D eigenvalue weighted by atomic mass is 19.1. The molecule has 3 rings (SSSR count). The van der Waals surface area contributed by atoms with Gasteiger partial charge < -0.3 is 5.32 Å². The van der Waals surface area contributed by atoms with E-state index < -0.39 is 10.8 Å². The Bertz CT molecular complexity index is 939. The molecule has 8 heteroatoms. The van der Waals surface area contributed by atoms with Crippen LogP contribution >= 0.6 is 0 Å². The van der Waals surface area contributed by atoms with E-state index in [1.807, 2.05) is 0 Å². The van der Waals surface area contributed by atoms with Crippen molar-refractivity contribution in [1.29, 1.82) is 0 Å². The second-order valence-corrected chi connectivity index (χ2v) is 5.25. The highest BCUT2D eigenvalue weighted by Crippen LogP contribution is 2.19. The summed E-state index contributed by atoms with van der Waals surface area (Å²) in [5.41, 5.74) is 0.495. The third-order valence-electron chi connectivity index (χ3n) is 3.53. The molecule has 0 atom stereocenters. The van der Waals surface area contributed by atoms with E-state index in [4.69, 9.17) is 0 Å². The molecule has 0 radical (unpaired) electrons. The SMILES string of the molecule is O=C(Nc1cnn(Cc2ccccc2F)c1)c1ccccc1[N+](=O)[O-]. The Morgan fingerprint density at radius 1 is 1.20 bits per heavy atom. The number of amides is 1. The van der Waals surface area contributed by atoms with Crippen LogP contribution in [0.15, 0.2) is 60.9 Å². The number of nitrogens with zero attached hydrogens (tertiary/aromatic N) is 3. The molecular weight excluding hydrogens is 327 g/mol. The van der Waals surface area contributed by atoms with Gasteiger partial charge in [0.2, 0.25) is 0 Å². The van der Waals surface area contributed by atoms with Crippen molar-refractivity contribution in [2.45, 2.75) is 6.54 Å². The fourth-order valence-corrected chi connectivity index (χ4v) is 2.34. The average Bonchev–Trinajstić information content (AvgIpc) is 3.04. The molecule has 1 N–H and O–H groups in total. The number of halogens is 1. The Labute approximate surface area is 141 Å². The van der Waals surface area contributed by atoms with Crippen molar-refractivity contribution in [3.05, 3.63) is 88.0 Å². The largest absolute Gasteiger partial charge is 0.319 e. The number of para-hydroxylation sites is 1. The molecule has 0 saturated carbocycles. The van der Waals surface area contributed by atoms with E-state index in [1.165, 1.54) is 41.3 Å². The maximum Gasteiger partial charge on any atom is 0.282 e. The van der Waals surface area contributed by atoms with Gasteiger partial charge in [-0.15, -0.1) is 0 Å². The van der Waals surface area contributed by atoms with Gasteiger partial charge in [-0.2, -0.15) is 5.10 Å². The fraction of sp³-hybridized carbons (Fsp3) is 0.0588. The topological polar surface area (TPSA) is 90.1 Å². The molecule has 126 valence electrons. The molecule has 25 heavy (non-hydrogen) atoms. The summed E-state index contributed by atoms with van der Waals surface area (Å²) in [6.45, 7) is 0.202. The lowest BCUT2D eigenvalue weighted by Gasteiger charge is -2.04. The number of benzene rings is 2. The molecule has 1 heterocycles. The van der Waals surface area contributed by atoms with Crippen LogP contribution in [0.1, 0.15) is 15.9 Å². The first kappa shape index (κ1) is 16.3. The summed E-state index contributed by atoms with van der Waals surface area (Å²) in [6.07, 6.45) is 2.92. The van der Waals surface area contributed by atoms with Gasteiger partial charge in [0.1, 0.15) is 11.4 Å². The molecule has 0 unspecified atom stereocenters. The first-order valence-corrected chi connectivity index (χ1v) is 7.35. The van der Waals surface area contributed by atoms with Crippen LogP contribution in [0, 0.1) is 15.9 Å². The predicted molar refractivity (Wildman–Crippen MR) is 88.8 cm³/mol. The van der Waals surface area contributed by atoms with Crippen molar-refractivity contribution in [3.8, 4) is 0 Å². The predicted octanol–water partition coefficient (Wildman–Crippen LogP) is 3.23. The second kappa shape index (κ2) is 6.91. The second-order valence-electron chi connectivity index (χ2n) is 5.25. The number of hydrogen-bond acceptors (Lipinski definition) is 4. The van der Waals surface area contributed by atoms with E-state index in [2.05, 4.69) is 10.4 Å². The smallest absolute Gasteiger partial charge is 0.282 e. The minimum Gasteiger partial charge on any atom is -0.319 e. The fourth-order valence-electron chi connectivity index (χ4n) is 2.34. The summed E-state index contributed by atoms with van der Waals surface area (Å²) in [4.78, 5) is 22.6. The molecule has 0 aliphatic heterocycles. The summed E-state index contributed by atoms with van der Waals surface area (Å²) < 4.78 is 15.1. The Hall–Kier alpha value is -3.55. The van der Waals surface area contributed by atoms with Gasteiger partial charge in [0.15, 0.2) is 0 Å². The van der Waals surface area contributed by atoms with Crippen LogP contribution in [0.25, 0.3) is 0 Å². The first-order chi connectivity index (χ1) is 12.0. The zero-order valence-electron chi connectivity index (χ0n) is 12.9. The van der Waals surface area contributed by atoms with E-state index in [0.29, 0.717) is 11.3 Å². The maximum atomic E-state index is 13.7. The number of anilines is 1. The highest BCUT2D eigenvalue weighted by molar-refractivity contribution is 6.06. The number of carbonyl (C=O) groups is 1. The highest BCUT2D eigenvalue weighted by Gasteiger charge is 2.19. The number of hydrogen-bond donors (Lipinski definition) is 1. The van der Waals surface area contributed by atoms with Crippen LogP contribution in [0.4, 0.5) is 15.8 Å². The molecule has 0 bridgehead atoms. The molecule has 2 aromatic carbocycles. The summed E-state index contributed by atoms with van der Waals surface area (Å²) in [7, 11) is 0. The average molecular weight is 340 g/mol. The van der Waals surface area contributed by atoms with Crippen molar-refractivity contribution in [3.63, 3.8) is 0 Å². The van der Waals surface area contributed by atoms with E-state index in [-0.39, 0.29) is 23.6 Å². The molecule has 0 saturated heterocycles. The number of nitro groups is 1. The van der Waals surface area contributed by atoms with E-state index >= 15 is 0 Å². The zero-order chi connectivity index (χ0) is 17.8. The van der Waals surface area contributed by atoms with E-state index in [1.54, 1.807) is 24.3 Å². The summed E-state index contributed by atoms with van der Waals surface area (Å²) in [5.74, 6) is -0.957. The van der Waals surface area contributed by atoms with Crippen LogP contribution < -0.4 is 5.32 Å². The van der Waals surface area contributed by atoms with E-state index in [0.717, 1.165) is 0 Å². The lowest BCUT2D eigenvalue weighted by Crippen LogP contribution is -2.13. The molecule has 1 aromatic heterocycles. The molecule has 0 fully saturated rings. The molecule has 3 aromatic rings. The molecule has 1 amide bonds. The first-order valence-electron chi connectivity index (χ1n) is 7.35. The summed E-state index contributed by atoms with van der Waals surface area (Å²) in [5, 5.41) is 17.6. The maximum absolute atomic E-state index is 13.7. The number of rotatable bonds is 5. The Balaban J connectivity index is 1.75. The van der Waals surface area contributed by atoms with Crippen LogP contribution in [-0.2, 0) is 6.54 Å². The number of nitro benzene ring substituents is 1. The molecule has 7 nitrogen and oxygen atoms in total. The van der Waals surface area contributed by atoms with Gasteiger partial charge in [0, 0.05) is 17.8 Å². The monoisotopic (exact) mass is 340 g/mol. The van der Waals surface area contributed by atoms with Gasteiger partial charge in [-0.3, -0.25) is 19.6 Å². The number of carbonyl (C=O) groups excluding carboxylic acids is 1. The minimum atomic E-state index is -0.615. The van der Waals surface area contributed by atoms with Crippen molar-refractivity contribution < 1.29 is 14.1 Å². The van der Waals surface area contributed by atoms with Crippen molar-refractivity contribution in [1.82, 2.24) is 9.78 Å². The normalized spacial score (nSPS) is 10.4. The van der Waals surface area contributed by atoms with Gasteiger partial charge in [-0.1, -0.05) is 30.3 Å². The van der Waals surface area contributed by atoms with Crippen molar-refractivity contribution >= 4 is 17.3 Å². The van der Waals surface area contributed by atoms with Gasteiger partial charge in [-0.25, -0.2) is 4.39 Å². The number of nitrogens with one attached hydrogen (secondary N) is 1. The van der Waals surface area contributed by atoms with Gasteiger partial charge >= 0.3 is 0 Å². The van der Waals surface area contributed by atoms with Crippen LogP contribution in [0.5, 0.6) is 0 Å². The Kier molecular flexibility index (Phi) is 4.51. The lowest BCUT2D eigenvalue weighted by molar-refractivity contribution is -0.385. The van der Waals surface area contributed by atoms with Crippen LogP contribution in [0.2, 0.25) is 0 Å². The Morgan fingerprint density at radius 2 is 1.92 bits per heavy atom. The molecule has 0 aliphatic carbocycles.